The lowest BCUT2D eigenvalue weighted by Gasteiger charge is -2.39. The molecule has 3 aromatic rings. The molecule has 186 valence electrons. The Kier molecular flexibility index (Phi) is 7.56. The molecule has 0 atom stereocenters. The number of rotatable bonds is 4. The molecule has 1 aromatic heterocycles. The highest BCUT2D eigenvalue weighted by Gasteiger charge is 2.47. The average Bonchev–Trinajstić information content (AvgIpc) is 3.16. The Morgan fingerprint density at radius 1 is 1.00 bits per heavy atom. The van der Waals surface area contributed by atoms with Gasteiger partial charge in [0, 0.05) is 35.3 Å². The number of hydrogen-bond acceptors (Lipinski definition) is 3. The molecule has 1 fully saturated rings. The molecule has 0 unspecified atom stereocenters. The van der Waals surface area contributed by atoms with Gasteiger partial charge < -0.3 is 4.90 Å². The molecule has 36 heavy (non-hydrogen) atoms. The molecule has 0 bridgehead atoms. The van der Waals surface area contributed by atoms with E-state index in [2.05, 4.69) is 16.0 Å². The Morgan fingerprint density at radius 2 is 1.78 bits per heavy atom. The highest BCUT2D eigenvalue weighted by Crippen LogP contribution is 2.51. The lowest BCUT2D eigenvalue weighted by Crippen LogP contribution is -2.46. The summed E-state index contributed by atoms with van der Waals surface area (Å²) in [6, 6.07) is 12.5. The predicted molar refractivity (Wildman–Crippen MR) is 150 cm³/mol. The number of carbonyl (C=O) groups is 1. The van der Waals surface area contributed by atoms with Crippen LogP contribution in [0, 0.1) is 0 Å². The van der Waals surface area contributed by atoms with Gasteiger partial charge in [-0.3, -0.25) is 9.69 Å². The molecule has 0 saturated carbocycles. The number of carbonyl (C=O) groups excluding carboxylic acids is 1. The first kappa shape index (κ1) is 25.8. The van der Waals surface area contributed by atoms with Crippen molar-refractivity contribution in [2.45, 2.75) is 18.3 Å². The van der Waals surface area contributed by atoms with Crippen LogP contribution in [0.4, 0.5) is 5.69 Å². The van der Waals surface area contributed by atoms with E-state index in [0.717, 1.165) is 49.3 Å². The second kappa shape index (κ2) is 10.5. The topological polar surface area (TPSA) is 36.4 Å². The van der Waals surface area contributed by atoms with Gasteiger partial charge in [0.25, 0.3) is 5.91 Å². The molecule has 9 heteroatoms. The fourth-order valence-electron chi connectivity index (χ4n) is 5.15. The Hall–Kier alpha value is -1.79. The Morgan fingerprint density at radius 3 is 2.53 bits per heavy atom. The quantitative estimate of drug-likeness (QED) is 0.293. The van der Waals surface area contributed by atoms with Crippen molar-refractivity contribution in [2.75, 3.05) is 31.1 Å². The molecule has 0 aliphatic carbocycles. The number of benzene rings is 2. The number of aromatic nitrogens is 1. The van der Waals surface area contributed by atoms with Crippen molar-refractivity contribution in [3.8, 4) is 0 Å². The molecular formula is C27H22Cl5N3O. The number of likely N-dealkylation sites (tertiary alicyclic amines) is 1. The summed E-state index contributed by atoms with van der Waals surface area (Å²) in [6.07, 6.45) is 7.40. The molecule has 2 aliphatic heterocycles. The summed E-state index contributed by atoms with van der Waals surface area (Å²) in [4.78, 5) is 21.7. The number of hydrogen-bond donors (Lipinski definition) is 0. The van der Waals surface area contributed by atoms with Gasteiger partial charge in [-0.05, 0) is 67.4 Å². The van der Waals surface area contributed by atoms with E-state index < -0.39 is 0 Å². The van der Waals surface area contributed by atoms with Crippen LogP contribution in [0.25, 0.3) is 6.08 Å². The average molecular weight is 582 g/mol. The predicted octanol–water partition coefficient (Wildman–Crippen LogP) is 8.06. The van der Waals surface area contributed by atoms with Gasteiger partial charge in [-0.1, -0.05) is 82.3 Å². The standard InChI is InChI=1S/C27H22Cl5N3O/c28-19-14-20-25(22(30)15-19)35(26(36)18-6-9-33-23(31)13-18)16-27(20)7-11-34(12-8-27)10-2-4-17-3-1-5-21(29)24(17)32/h1-6,9,13-15H,7-8,10-12,16H2/b4-2+. The first-order chi connectivity index (χ1) is 17.3. The normalized spacial score (nSPS) is 17.2. The number of piperidine rings is 1. The van der Waals surface area contributed by atoms with E-state index >= 15 is 0 Å². The van der Waals surface area contributed by atoms with Crippen molar-refractivity contribution in [2.24, 2.45) is 0 Å². The SMILES string of the molecule is O=C(c1ccnc(Cl)c1)N1CC2(CCN(C/C=C/c3cccc(Cl)c3Cl)CC2)c2cc(Cl)cc(Cl)c21. The Labute approximate surface area is 235 Å². The summed E-state index contributed by atoms with van der Waals surface area (Å²) < 4.78 is 0. The summed E-state index contributed by atoms with van der Waals surface area (Å²) in [5, 5.41) is 2.43. The molecule has 5 rings (SSSR count). The summed E-state index contributed by atoms with van der Waals surface area (Å²) >= 11 is 31.6. The van der Waals surface area contributed by atoms with Gasteiger partial charge in [0.2, 0.25) is 0 Å². The van der Waals surface area contributed by atoms with Crippen LogP contribution in [0.1, 0.15) is 34.3 Å². The first-order valence-corrected chi connectivity index (χ1v) is 13.4. The second-order valence-electron chi connectivity index (χ2n) is 9.17. The van der Waals surface area contributed by atoms with Gasteiger partial charge in [-0.2, -0.15) is 0 Å². The highest BCUT2D eigenvalue weighted by molar-refractivity contribution is 6.43. The van der Waals surface area contributed by atoms with E-state index in [1.807, 2.05) is 24.3 Å². The molecule has 0 radical (unpaired) electrons. The van der Waals surface area contributed by atoms with Gasteiger partial charge in [0.05, 0.1) is 20.8 Å². The number of nitrogens with zero attached hydrogens (tertiary/aromatic N) is 3. The number of fused-ring (bicyclic) bond motifs is 2. The van der Waals surface area contributed by atoms with Crippen molar-refractivity contribution in [1.82, 2.24) is 9.88 Å². The van der Waals surface area contributed by atoms with E-state index in [9.17, 15) is 4.79 Å². The lowest BCUT2D eigenvalue weighted by atomic mass is 9.74. The molecule has 0 N–H and O–H groups in total. The van der Waals surface area contributed by atoms with E-state index in [1.54, 1.807) is 29.2 Å². The van der Waals surface area contributed by atoms with Crippen LogP contribution >= 0.6 is 58.0 Å². The van der Waals surface area contributed by atoms with Gasteiger partial charge >= 0.3 is 0 Å². The molecule has 4 nitrogen and oxygen atoms in total. The van der Waals surface area contributed by atoms with Gasteiger partial charge in [-0.25, -0.2) is 4.98 Å². The maximum atomic E-state index is 13.5. The molecule has 1 amide bonds. The van der Waals surface area contributed by atoms with E-state index in [0.29, 0.717) is 32.2 Å². The maximum Gasteiger partial charge on any atom is 0.258 e. The third-order valence-electron chi connectivity index (χ3n) is 7.00. The van der Waals surface area contributed by atoms with Crippen LogP contribution in [0.3, 0.4) is 0 Å². The number of anilines is 1. The first-order valence-electron chi connectivity index (χ1n) is 11.5. The molecule has 3 heterocycles. The third kappa shape index (κ3) is 5.00. The number of halogens is 5. The number of amides is 1. The van der Waals surface area contributed by atoms with Crippen LogP contribution in [0.2, 0.25) is 25.2 Å². The summed E-state index contributed by atoms with van der Waals surface area (Å²) in [5.74, 6) is -0.148. The Balaban J connectivity index is 1.35. The van der Waals surface area contributed by atoms with Crippen LogP contribution in [-0.4, -0.2) is 42.0 Å². The molecular weight excluding hydrogens is 560 g/mol. The van der Waals surface area contributed by atoms with Gasteiger partial charge in [0.15, 0.2) is 0 Å². The van der Waals surface area contributed by atoms with E-state index in [-0.39, 0.29) is 16.5 Å². The van der Waals surface area contributed by atoms with E-state index in [4.69, 9.17) is 58.0 Å². The zero-order chi connectivity index (χ0) is 25.4. The van der Waals surface area contributed by atoms with Crippen LogP contribution in [0.15, 0.2) is 54.7 Å². The highest BCUT2D eigenvalue weighted by atomic mass is 35.5. The van der Waals surface area contributed by atoms with E-state index in [1.165, 1.54) is 6.20 Å². The third-order valence-corrected chi connectivity index (χ3v) is 8.55. The zero-order valence-electron chi connectivity index (χ0n) is 19.2. The second-order valence-corrected chi connectivity index (χ2v) is 11.2. The van der Waals surface area contributed by atoms with Crippen molar-refractivity contribution in [3.05, 3.63) is 96.7 Å². The van der Waals surface area contributed by atoms with Crippen LogP contribution in [-0.2, 0) is 5.41 Å². The van der Waals surface area contributed by atoms with Crippen molar-refractivity contribution in [3.63, 3.8) is 0 Å². The monoisotopic (exact) mass is 579 g/mol. The fraction of sp³-hybridized carbons (Fsp3) is 0.259. The molecule has 1 spiro atoms. The van der Waals surface area contributed by atoms with Crippen molar-refractivity contribution >= 4 is 75.7 Å². The maximum absolute atomic E-state index is 13.5. The molecule has 2 aliphatic rings. The fourth-order valence-corrected chi connectivity index (χ4v) is 6.29. The number of pyridine rings is 1. The minimum absolute atomic E-state index is 0.148. The van der Waals surface area contributed by atoms with Crippen molar-refractivity contribution < 1.29 is 4.79 Å². The molecule has 1 saturated heterocycles. The Bertz CT molecular complexity index is 1350. The smallest absolute Gasteiger partial charge is 0.258 e. The summed E-state index contributed by atoms with van der Waals surface area (Å²) in [5.41, 5.74) is 2.94. The van der Waals surface area contributed by atoms with Gasteiger partial charge in [-0.15, -0.1) is 0 Å². The molecule has 2 aromatic carbocycles. The minimum atomic E-state index is -0.215. The summed E-state index contributed by atoms with van der Waals surface area (Å²) in [7, 11) is 0. The van der Waals surface area contributed by atoms with Crippen LogP contribution < -0.4 is 4.90 Å². The largest absolute Gasteiger partial charge is 0.306 e. The minimum Gasteiger partial charge on any atom is -0.306 e. The van der Waals surface area contributed by atoms with Crippen LogP contribution in [0.5, 0.6) is 0 Å². The van der Waals surface area contributed by atoms with Crippen molar-refractivity contribution in [1.29, 1.82) is 0 Å². The van der Waals surface area contributed by atoms with Gasteiger partial charge in [0.1, 0.15) is 5.15 Å². The zero-order valence-corrected chi connectivity index (χ0v) is 22.9. The summed E-state index contributed by atoms with van der Waals surface area (Å²) in [6.45, 7) is 3.09. The lowest BCUT2D eigenvalue weighted by molar-refractivity contribution is 0.0977.